The van der Waals surface area contributed by atoms with Gasteiger partial charge in [0.15, 0.2) is 0 Å². The van der Waals surface area contributed by atoms with E-state index in [-0.39, 0.29) is 5.91 Å². The summed E-state index contributed by atoms with van der Waals surface area (Å²) in [6, 6.07) is 6.23. The summed E-state index contributed by atoms with van der Waals surface area (Å²) >= 11 is 1.44. The Morgan fingerprint density at radius 1 is 1.11 bits per heavy atom. The molecule has 1 amide bonds. The predicted molar refractivity (Wildman–Crippen MR) is 123 cm³/mol. The third kappa shape index (κ3) is 5.60. The lowest BCUT2D eigenvalue weighted by Gasteiger charge is -2.17. The molecule has 1 aromatic heterocycles. The van der Waals surface area contributed by atoms with Crippen LogP contribution in [0.5, 0.6) is 0 Å². The molecule has 0 unspecified atom stereocenters. The van der Waals surface area contributed by atoms with Crippen molar-refractivity contribution in [2.75, 3.05) is 17.2 Å². The lowest BCUT2D eigenvalue weighted by Crippen LogP contribution is -2.25. The van der Waals surface area contributed by atoms with Crippen LogP contribution in [0, 0.1) is 20.8 Å². The van der Waals surface area contributed by atoms with Crippen LogP contribution in [0.1, 0.15) is 45.1 Å². The van der Waals surface area contributed by atoms with Crippen LogP contribution >= 0.6 is 11.3 Å². The summed E-state index contributed by atoms with van der Waals surface area (Å²) in [7, 11) is 0. The predicted octanol–water partition coefficient (Wildman–Crippen LogP) is 6.01. The number of carbonyl (C=O) groups excluding carboxylic acids is 1. The zero-order valence-corrected chi connectivity index (χ0v) is 18.1. The van der Waals surface area contributed by atoms with Crippen LogP contribution in [-0.4, -0.2) is 12.5 Å². The van der Waals surface area contributed by atoms with Gasteiger partial charge in [-0.3, -0.25) is 4.79 Å². The van der Waals surface area contributed by atoms with Crippen LogP contribution in [0.3, 0.4) is 0 Å². The number of hydrogen-bond acceptors (Lipinski definition) is 4. The highest BCUT2D eigenvalue weighted by Gasteiger charge is 2.16. The minimum absolute atomic E-state index is 0.123. The molecule has 28 heavy (non-hydrogen) atoms. The maximum atomic E-state index is 12.6. The molecule has 0 saturated heterocycles. The fourth-order valence-electron chi connectivity index (χ4n) is 2.95. The van der Waals surface area contributed by atoms with E-state index < -0.39 is 0 Å². The molecule has 0 spiro atoms. The smallest absolute Gasteiger partial charge is 0.263 e. The van der Waals surface area contributed by atoms with Crippen molar-refractivity contribution in [3.05, 3.63) is 75.3 Å². The van der Waals surface area contributed by atoms with Gasteiger partial charge in [-0.1, -0.05) is 42.5 Å². The lowest BCUT2D eigenvalue weighted by atomic mass is 10.1. The number of nitrogens with one attached hydrogen (secondary N) is 3. The van der Waals surface area contributed by atoms with Crippen molar-refractivity contribution in [2.45, 2.75) is 34.6 Å². The van der Waals surface area contributed by atoms with E-state index in [1.807, 2.05) is 32.1 Å². The average Bonchev–Trinajstić information content (AvgIpc) is 2.98. The Bertz CT molecular complexity index is 914. The maximum Gasteiger partial charge on any atom is 0.263 e. The van der Waals surface area contributed by atoms with Crippen LogP contribution < -0.4 is 16.0 Å². The largest absolute Gasteiger partial charge is 0.348 e. The van der Waals surface area contributed by atoms with Crippen LogP contribution in [0.4, 0.5) is 11.4 Å². The highest BCUT2D eigenvalue weighted by Crippen LogP contribution is 2.30. The van der Waals surface area contributed by atoms with E-state index in [1.165, 1.54) is 16.9 Å². The molecule has 0 radical (unpaired) electrons. The van der Waals surface area contributed by atoms with Gasteiger partial charge in [-0.25, -0.2) is 0 Å². The number of rotatable bonds is 8. The highest BCUT2D eigenvalue weighted by molar-refractivity contribution is 7.15. The SMILES string of the molecule is C=C(C)CNC(=O)c1sc(/C=C/C)cc1NC(=C)Nc1c(C)cc(C)cc1C. The van der Waals surface area contributed by atoms with E-state index >= 15 is 0 Å². The first kappa shape index (κ1) is 21.5. The number of carbonyl (C=O) groups is 1. The van der Waals surface area contributed by atoms with Gasteiger partial charge < -0.3 is 16.0 Å². The van der Waals surface area contributed by atoms with Gasteiger partial charge in [-0.15, -0.1) is 11.3 Å². The molecule has 1 heterocycles. The summed E-state index contributed by atoms with van der Waals surface area (Å²) in [5.74, 6) is 0.496. The Morgan fingerprint density at radius 2 is 1.75 bits per heavy atom. The molecule has 2 aromatic rings. The molecule has 0 aliphatic rings. The van der Waals surface area contributed by atoms with E-state index in [0.717, 1.165) is 33.0 Å². The molecule has 5 heteroatoms. The van der Waals surface area contributed by atoms with Crippen molar-refractivity contribution in [1.82, 2.24) is 5.32 Å². The fraction of sp³-hybridized carbons (Fsp3) is 0.261. The number of aryl methyl sites for hydroxylation is 3. The highest BCUT2D eigenvalue weighted by atomic mass is 32.1. The Kier molecular flexibility index (Phi) is 7.24. The zero-order valence-electron chi connectivity index (χ0n) is 17.3. The quantitative estimate of drug-likeness (QED) is 0.480. The Labute approximate surface area is 172 Å². The van der Waals surface area contributed by atoms with Crippen molar-refractivity contribution in [1.29, 1.82) is 0 Å². The number of anilines is 2. The van der Waals surface area contributed by atoms with Gasteiger partial charge in [0.25, 0.3) is 5.91 Å². The standard InChI is InChI=1S/C23H29N3OS/c1-8-9-19-12-20(22(28-19)23(27)24-13-14(2)3)25-18(7)26-21-16(5)10-15(4)11-17(21)6/h8-12,25-26H,2,7,13H2,1,3-6H3,(H,24,27)/b9-8+. The van der Waals surface area contributed by atoms with E-state index in [9.17, 15) is 4.79 Å². The Morgan fingerprint density at radius 3 is 2.32 bits per heavy atom. The van der Waals surface area contributed by atoms with Crippen molar-refractivity contribution in [3.63, 3.8) is 0 Å². The molecule has 0 fully saturated rings. The number of hydrogen-bond donors (Lipinski definition) is 3. The zero-order chi connectivity index (χ0) is 20.8. The van der Waals surface area contributed by atoms with Gasteiger partial charge in [0, 0.05) is 17.1 Å². The minimum Gasteiger partial charge on any atom is -0.348 e. The molecule has 2 rings (SSSR count). The van der Waals surface area contributed by atoms with Crippen LogP contribution in [0.25, 0.3) is 6.08 Å². The van der Waals surface area contributed by atoms with Gasteiger partial charge in [0.1, 0.15) is 10.7 Å². The van der Waals surface area contributed by atoms with Crippen LogP contribution in [0.2, 0.25) is 0 Å². The van der Waals surface area contributed by atoms with Gasteiger partial charge in [0.2, 0.25) is 0 Å². The molecule has 0 aliphatic carbocycles. The van der Waals surface area contributed by atoms with Crippen molar-refractivity contribution in [3.8, 4) is 0 Å². The fourth-order valence-corrected chi connectivity index (χ4v) is 3.95. The van der Waals surface area contributed by atoms with Gasteiger partial charge >= 0.3 is 0 Å². The number of allylic oxidation sites excluding steroid dienone is 1. The van der Waals surface area contributed by atoms with Gasteiger partial charge in [0.05, 0.1) is 5.69 Å². The van der Waals surface area contributed by atoms with E-state index in [1.54, 1.807) is 0 Å². The molecule has 148 valence electrons. The second-order valence-electron chi connectivity index (χ2n) is 7.03. The molecule has 4 nitrogen and oxygen atoms in total. The number of amides is 1. The summed E-state index contributed by atoms with van der Waals surface area (Å²) in [6.45, 7) is 18.5. The lowest BCUT2D eigenvalue weighted by molar-refractivity contribution is 0.0962. The van der Waals surface area contributed by atoms with Gasteiger partial charge in [-0.2, -0.15) is 0 Å². The first-order chi connectivity index (χ1) is 13.2. The molecule has 3 N–H and O–H groups in total. The first-order valence-electron chi connectivity index (χ1n) is 9.21. The summed E-state index contributed by atoms with van der Waals surface area (Å²) in [4.78, 5) is 14.2. The Hall–Kier alpha value is -2.79. The van der Waals surface area contributed by atoms with Gasteiger partial charge in [-0.05, 0) is 57.9 Å². The molecule has 0 saturated carbocycles. The summed E-state index contributed by atoms with van der Waals surface area (Å²) in [6.07, 6.45) is 3.94. The monoisotopic (exact) mass is 395 g/mol. The summed E-state index contributed by atoms with van der Waals surface area (Å²) in [5, 5.41) is 9.51. The summed E-state index contributed by atoms with van der Waals surface area (Å²) < 4.78 is 0. The normalized spacial score (nSPS) is 10.8. The van der Waals surface area contributed by atoms with Crippen molar-refractivity contribution in [2.24, 2.45) is 0 Å². The first-order valence-corrected chi connectivity index (χ1v) is 10.0. The second-order valence-corrected chi connectivity index (χ2v) is 8.12. The average molecular weight is 396 g/mol. The summed E-state index contributed by atoms with van der Waals surface area (Å²) in [5.41, 5.74) is 6.20. The number of thiophene rings is 1. The molecule has 0 aliphatic heterocycles. The number of benzene rings is 1. The second kappa shape index (κ2) is 9.42. The Balaban J connectivity index is 2.23. The maximum absolute atomic E-state index is 12.6. The molecule has 1 aromatic carbocycles. The van der Waals surface area contributed by atoms with E-state index in [0.29, 0.717) is 17.2 Å². The third-order valence-corrected chi connectivity index (χ3v) is 5.18. The molecular weight excluding hydrogens is 366 g/mol. The molecule has 0 bridgehead atoms. The third-order valence-electron chi connectivity index (χ3n) is 4.08. The van der Waals surface area contributed by atoms with E-state index in [2.05, 4.69) is 62.0 Å². The molecular formula is C23H29N3OS. The van der Waals surface area contributed by atoms with Crippen molar-refractivity contribution >= 4 is 34.7 Å². The molecule has 0 atom stereocenters. The minimum atomic E-state index is -0.123. The van der Waals surface area contributed by atoms with Crippen molar-refractivity contribution < 1.29 is 4.79 Å². The van der Waals surface area contributed by atoms with Crippen LogP contribution in [-0.2, 0) is 0 Å². The van der Waals surface area contributed by atoms with E-state index in [4.69, 9.17) is 0 Å². The topological polar surface area (TPSA) is 53.2 Å². The van der Waals surface area contributed by atoms with Crippen LogP contribution in [0.15, 0.2) is 48.8 Å².